The average Bonchev–Trinajstić information content (AvgIpc) is 3.77. The molecule has 242 valence electrons. The van der Waals surface area contributed by atoms with Crippen LogP contribution in [0.2, 0.25) is 0 Å². The summed E-state index contributed by atoms with van der Waals surface area (Å²) >= 11 is 1.85. The van der Waals surface area contributed by atoms with Crippen LogP contribution in [0.4, 0.5) is 0 Å². The number of hydrogen-bond acceptors (Lipinski definition) is 5. The van der Waals surface area contributed by atoms with Gasteiger partial charge in [-0.15, -0.1) is 11.3 Å². The fraction of sp³-hybridized carbons (Fsp3) is 0. The summed E-state index contributed by atoms with van der Waals surface area (Å²) in [6, 6.07) is 57.5. The third kappa shape index (κ3) is 4.64. The monoisotopic (exact) mass is 681 g/mol. The Morgan fingerprint density at radius 3 is 1.87 bits per heavy atom. The molecule has 0 saturated carbocycles. The summed E-state index contributed by atoms with van der Waals surface area (Å²) < 4.78 is 9.08. The molecule has 0 saturated heterocycles. The maximum atomic E-state index is 6.48. The average molecular weight is 682 g/mol. The van der Waals surface area contributed by atoms with E-state index in [1.54, 1.807) is 0 Å². The van der Waals surface area contributed by atoms with Crippen LogP contribution in [-0.4, -0.2) is 15.0 Å². The van der Waals surface area contributed by atoms with Gasteiger partial charge in [0.15, 0.2) is 17.5 Å². The first-order valence-corrected chi connectivity index (χ1v) is 18.2. The normalized spacial score (nSPS) is 11.8. The molecule has 52 heavy (non-hydrogen) atoms. The summed E-state index contributed by atoms with van der Waals surface area (Å²) in [4.78, 5) is 15.3. The quantitative estimate of drug-likeness (QED) is 0.185. The van der Waals surface area contributed by atoms with Crippen molar-refractivity contribution in [2.24, 2.45) is 0 Å². The van der Waals surface area contributed by atoms with Crippen LogP contribution in [0.15, 0.2) is 168 Å². The van der Waals surface area contributed by atoms with E-state index in [4.69, 9.17) is 19.4 Å². The molecule has 3 heterocycles. The number of thiophene rings is 1. The van der Waals surface area contributed by atoms with Gasteiger partial charge in [-0.1, -0.05) is 121 Å². The zero-order valence-electron chi connectivity index (χ0n) is 27.7. The molecule has 0 fully saturated rings. The predicted octanol–water partition coefficient (Wildman–Crippen LogP) is 13.1. The number of furan rings is 1. The van der Waals surface area contributed by atoms with Crippen molar-refractivity contribution in [3.63, 3.8) is 0 Å². The van der Waals surface area contributed by atoms with Crippen molar-refractivity contribution in [2.75, 3.05) is 0 Å². The molecule has 0 unspecified atom stereocenters. The smallest absolute Gasteiger partial charge is 0.164 e. The fourth-order valence-corrected chi connectivity index (χ4v) is 8.70. The number of rotatable bonds is 4. The lowest BCUT2D eigenvalue weighted by Crippen LogP contribution is -2.00. The van der Waals surface area contributed by atoms with E-state index < -0.39 is 0 Å². The molecule has 0 bridgehead atoms. The van der Waals surface area contributed by atoms with E-state index in [1.165, 1.54) is 36.5 Å². The van der Waals surface area contributed by atoms with Gasteiger partial charge in [-0.2, -0.15) is 0 Å². The topological polar surface area (TPSA) is 51.8 Å². The van der Waals surface area contributed by atoms with Crippen LogP contribution in [0.1, 0.15) is 0 Å². The summed E-state index contributed by atoms with van der Waals surface area (Å²) in [6.45, 7) is 0. The van der Waals surface area contributed by atoms with Crippen LogP contribution in [0.3, 0.4) is 0 Å². The molecule has 0 N–H and O–H groups in total. The second-order valence-corrected chi connectivity index (χ2v) is 14.3. The van der Waals surface area contributed by atoms with Gasteiger partial charge in [-0.25, -0.2) is 15.0 Å². The van der Waals surface area contributed by atoms with Crippen LogP contribution in [0.5, 0.6) is 0 Å². The Balaban J connectivity index is 1.11. The predicted molar refractivity (Wildman–Crippen MR) is 217 cm³/mol. The molecule has 0 amide bonds. The van der Waals surface area contributed by atoms with Gasteiger partial charge >= 0.3 is 0 Å². The van der Waals surface area contributed by atoms with Crippen molar-refractivity contribution in [1.82, 2.24) is 15.0 Å². The zero-order valence-corrected chi connectivity index (χ0v) is 28.6. The highest BCUT2D eigenvalue weighted by molar-refractivity contribution is 7.25. The minimum absolute atomic E-state index is 0.605. The van der Waals surface area contributed by atoms with Crippen molar-refractivity contribution in [3.8, 4) is 45.3 Å². The molecule has 8 aromatic carbocycles. The van der Waals surface area contributed by atoms with E-state index in [-0.39, 0.29) is 0 Å². The molecule has 5 heteroatoms. The molecule has 0 aliphatic heterocycles. The number of hydrogen-bond donors (Lipinski definition) is 0. The molecule has 3 aromatic heterocycles. The minimum Gasteiger partial charge on any atom is -0.456 e. The molecule has 0 aliphatic rings. The van der Waals surface area contributed by atoms with Gasteiger partial charge in [0.25, 0.3) is 0 Å². The van der Waals surface area contributed by atoms with E-state index in [2.05, 4.69) is 121 Å². The molecule has 11 rings (SSSR count). The van der Waals surface area contributed by atoms with E-state index >= 15 is 0 Å². The summed E-state index contributed by atoms with van der Waals surface area (Å²) in [5.74, 6) is 1.87. The summed E-state index contributed by atoms with van der Waals surface area (Å²) in [5, 5.41) is 9.36. The highest BCUT2D eigenvalue weighted by atomic mass is 32.1. The van der Waals surface area contributed by atoms with Gasteiger partial charge in [0.2, 0.25) is 0 Å². The van der Waals surface area contributed by atoms with Gasteiger partial charge in [0.05, 0.1) is 0 Å². The molecule has 0 atom stereocenters. The molecule has 0 radical (unpaired) electrons. The first-order valence-electron chi connectivity index (χ1n) is 17.3. The van der Waals surface area contributed by atoms with Crippen LogP contribution < -0.4 is 0 Å². The van der Waals surface area contributed by atoms with Gasteiger partial charge in [0, 0.05) is 47.6 Å². The van der Waals surface area contributed by atoms with Crippen molar-refractivity contribution in [2.45, 2.75) is 0 Å². The second-order valence-electron chi connectivity index (χ2n) is 13.2. The summed E-state index contributed by atoms with van der Waals surface area (Å²) in [7, 11) is 0. The molecular formula is C47H27N3OS. The first kappa shape index (κ1) is 29.1. The summed E-state index contributed by atoms with van der Waals surface area (Å²) in [6.07, 6.45) is 0. The van der Waals surface area contributed by atoms with Crippen LogP contribution in [0.25, 0.3) is 109 Å². The van der Waals surface area contributed by atoms with E-state index in [0.717, 1.165) is 55.0 Å². The molecule has 11 aromatic rings. The SMILES string of the molecule is c1ccc(-c2nc(-c3cccc4ccccc34)nc(-c3cccc4oc5ccc(-c6ccc7sc8cc9ccccc9cc8c7c6)cc5c34)n2)cc1. The van der Waals surface area contributed by atoms with Crippen molar-refractivity contribution < 1.29 is 4.42 Å². The Labute approximate surface area is 302 Å². The third-order valence-electron chi connectivity index (χ3n) is 10.1. The Kier molecular flexibility index (Phi) is 6.39. The Hall–Kier alpha value is -6.69. The number of nitrogens with zero attached hydrogens (tertiary/aromatic N) is 3. The third-order valence-corrected chi connectivity index (χ3v) is 11.2. The lowest BCUT2D eigenvalue weighted by molar-refractivity contribution is 0.669. The van der Waals surface area contributed by atoms with Gasteiger partial charge in [-0.3, -0.25) is 0 Å². The standard InChI is InChI=1S/C47H27N3OS/c1-2-11-29(12-3-1)45-48-46(35-17-8-15-28-10-6-7-16-34(28)35)50-47(49-45)36-18-9-19-41-44(36)39-26-32(20-22-40(39)51-41)33-21-23-42-37(25-33)38-24-30-13-4-5-14-31(30)27-43(38)52-42/h1-27H. The Morgan fingerprint density at radius 2 is 1.00 bits per heavy atom. The van der Waals surface area contributed by atoms with Gasteiger partial charge in [-0.05, 0) is 75.1 Å². The first-order chi connectivity index (χ1) is 25.7. The zero-order chi connectivity index (χ0) is 34.2. The van der Waals surface area contributed by atoms with E-state index in [9.17, 15) is 0 Å². The Bertz CT molecular complexity index is 3190. The van der Waals surface area contributed by atoms with Crippen LogP contribution >= 0.6 is 11.3 Å². The van der Waals surface area contributed by atoms with E-state index in [0.29, 0.717) is 17.5 Å². The molecular weight excluding hydrogens is 655 g/mol. The maximum absolute atomic E-state index is 6.48. The number of fused-ring (bicyclic) bond motifs is 8. The lowest BCUT2D eigenvalue weighted by Gasteiger charge is -2.11. The summed E-state index contributed by atoms with van der Waals surface area (Å²) in [5.41, 5.74) is 6.72. The second kappa shape index (κ2) is 11.4. The minimum atomic E-state index is 0.605. The van der Waals surface area contributed by atoms with Crippen molar-refractivity contribution in [1.29, 1.82) is 0 Å². The number of benzene rings is 8. The molecule has 0 spiro atoms. The maximum Gasteiger partial charge on any atom is 0.164 e. The molecule has 4 nitrogen and oxygen atoms in total. The van der Waals surface area contributed by atoms with Crippen molar-refractivity contribution >= 4 is 75.0 Å². The highest BCUT2D eigenvalue weighted by Crippen LogP contribution is 2.41. The fourth-order valence-electron chi connectivity index (χ4n) is 7.59. The van der Waals surface area contributed by atoms with Crippen LogP contribution in [0, 0.1) is 0 Å². The Morgan fingerprint density at radius 1 is 0.365 bits per heavy atom. The largest absolute Gasteiger partial charge is 0.456 e. The lowest BCUT2D eigenvalue weighted by atomic mass is 9.98. The van der Waals surface area contributed by atoms with Gasteiger partial charge in [0.1, 0.15) is 11.2 Å². The van der Waals surface area contributed by atoms with Gasteiger partial charge < -0.3 is 4.42 Å². The highest BCUT2D eigenvalue weighted by Gasteiger charge is 2.19. The molecule has 0 aliphatic carbocycles. The van der Waals surface area contributed by atoms with Crippen molar-refractivity contribution in [3.05, 3.63) is 164 Å². The van der Waals surface area contributed by atoms with Crippen LogP contribution in [-0.2, 0) is 0 Å². The number of aromatic nitrogens is 3. The van der Waals surface area contributed by atoms with E-state index in [1.807, 2.05) is 53.8 Å².